The van der Waals surface area contributed by atoms with Gasteiger partial charge in [-0.15, -0.1) is 0 Å². The molecule has 0 saturated heterocycles. The maximum Gasteiger partial charge on any atom is 0.189 e. The second kappa shape index (κ2) is 5.32. The lowest BCUT2D eigenvalue weighted by molar-refractivity contribution is 0.103. The fourth-order valence-corrected chi connectivity index (χ4v) is 1.20. The van der Waals surface area contributed by atoms with Crippen LogP contribution in [0.2, 0.25) is 0 Å². The second-order valence-corrected chi connectivity index (χ2v) is 3.28. The van der Waals surface area contributed by atoms with Crippen LogP contribution in [-0.2, 0) is 0 Å². The molecule has 0 bridgehead atoms. The minimum absolute atomic E-state index is 0.0200. The lowest BCUT2D eigenvalue weighted by Crippen LogP contribution is -2.02. The molecule has 1 rings (SSSR count). The van der Waals surface area contributed by atoms with Gasteiger partial charge in [-0.2, -0.15) is 0 Å². The highest BCUT2D eigenvalue weighted by atomic mass is 16.1. The summed E-state index contributed by atoms with van der Waals surface area (Å²) in [7, 11) is 0. The smallest absolute Gasteiger partial charge is 0.189 e. The van der Waals surface area contributed by atoms with Gasteiger partial charge in [0, 0.05) is 18.0 Å². The molecule has 0 fully saturated rings. The molecule has 1 aromatic rings. The number of nitrogens with zero attached hydrogens (tertiary/aromatic N) is 1. The Labute approximate surface area is 84.7 Å². The van der Waals surface area contributed by atoms with Crippen LogP contribution in [0.4, 0.5) is 0 Å². The van der Waals surface area contributed by atoms with Gasteiger partial charge in [0.05, 0.1) is 0 Å². The zero-order chi connectivity index (χ0) is 10.4. The first kappa shape index (κ1) is 10.6. The van der Waals surface area contributed by atoms with Crippen molar-refractivity contribution in [1.82, 2.24) is 4.98 Å². The number of aromatic nitrogens is 1. The molecule has 2 nitrogen and oxygen atoms in total. The number of rotatable bonds is 5. The van der Waals surface area contributed by atoms with E-state index in [-0.39, 0.29) is 5.78 Å². The molecule has 0 N–H and O–H groups in total. The lowest BCUT2D eigenvalue weighted by Gasteiger charge is -2.02. The van der Waals surface area contributed by atoms with Crippen LogP contribution in [-0.4, -0.2) is 10.8 Å². The second-order valence-electron chi connectivity index (χ2n) is 3.28. The minimum Gasteiger partial charge on any atom is -0.289 e. The number of unbranched alkanes of at least 4 members (excludes halogenated alkanes) is 1. The minimum atomic E-state index is 0.0200. The maximum atomic E-state index is 11.7. The molecular formula is C12H15NO. The van der Waals surface area contributed by atoms with Crippen LogP contribution in [0, 0.1) is 0 Å². The summed E-state index contributed by atoms with van der Waals surface area (Å²) in [4.78, 5) is 15.6. The Morgan fingerprint density at radius 3 is 2.93 bits per heavy atom. The van der Waals surface area contributed by atoms with Crippen LogP contribution in [0.1, 0.15) is 36.5 Å². The van der Waals surface area contributed by atoms with Crippen LogP contribution in [0.3, 0.4) is 0 Å². The van der Waals surface area contributed by atoms with Crippen LogP contribution in [0.5, 0.6) is 0 Å². The summed E-state index contributed by atoms with van der Waals surface area (Å²) in [5.41, 5.74) is 1.31. The lowest BCUT2D eigenvalue weighted by atomic mass is 10.0. The number of pyridine rings is 1. The molecule has 1 aromatic heterocycles. The fraction of sp³-hybridized carbons (Fsp3) is 0.333. The summed E-state index contributed by atoms with van der Waals surface area (Å²) < 4.78 is 0. The Balaban J connectivity index is 2.62. The van der Waals surface area contributed by atoms with Crippen molar-refractivity contribution in [3.63, 3.8) is 0 Å². The first-order valence-electron chi connectivity index (χ1n) is 4.88. The van der Waals surface area contributed by atoms with E-state index in [0.717, 1.165) is 19.3 Å². The molecule has 74 valence electrons. The molecule has 2 heteroatoms. The first-order valence-corrected chi connectivity index (χ1v) is 4.88. The Morgan fingerprint density at radius 1 is 1.57 bits per heavy atom. The quantitative estimate of drug-likeness (QED) is 0.526. The summed E-state index contributed by atoms with van der Waals surface area (Å²) in [5, 5.41) is 0. The Bertz CT molecular complexity index is 316. The van der Waals surface area contributed by atoms with E-state index >= 15 is 0 Å². The standard InChI is InChI=1S/C12H15NO/c1-3-4-6-10(2)12(14)11-7-5-8-13-9-11/h5,7-9H,2-4,6H2,1H3. The van der Waals surface area contributed by atoms with Gasteiger partial charge in [0.15, 0.2) is 5.78 Å². The predicted octanol–water partition coefficient (Wildman–Crippen LogP) is 3.01. The third-order valence-electron chi connectivity index (χ3n) is 2.08. The fourth-order valence-electron chi connectivity index (χ4n) is 1.20. The molecule has 0 aliphatic carbocycles. The molecule has 14 heavy (non-hydrogen) atoms. The van der Waals surface area contributed by atoms with E-state index in [0.29, 0.717) is 11.1 Å². The first-order chi connectivity index (χ1) is 6.75. The third kappa shape index (κ3) is 2.80. The van der Waals surface area contributed by atoms with E-state index < -0.39 is 0 Å². The number of hydrogen-bond acceptors (Lipinski definition) is 2. The van der Waals surface area contributed by atoms with E-state index in [1.54, 1.807) is 24.5 Å². The van der Waals surface area contributed by atoms with Gasteiger partial charge >= 0.3 is 0 Å². The summed E-state index contributed by atoms with van der Waals surface area (Å²) >= 11 is 0. The Morgan fingerprint density at radius 2 is 2.36 bits per heavy atom. The zero-order valence-corrected chi connectivity index (χ0v) is 8.49. The van der Waals surface area contributed by atoms with Crippen LogP contribution >= 0.6 is 0 Å². The number of carbonyl (C=O) groups excluding carboxylic acids is 1. The van der Waals surface area contributed by atoms with Gasteiger partial charge in [-0.3, -0.25) is 9.78 Å². The molecule has 0 atom stereocenters. The Kier molecular flexibility index (Phi) is 4.05. The number of hydrogen-bond donors (Lipinski definition) is 0. The average Bonchev–Trinajstić information content (AvgIpc) is 2.26. The van der Waals surface area contributed by atoms with Crippen molar-refractivity contribution in [3.05, 3.63) is 42.2 Å². The van der Waals surface area contributed by atoms with Gasteiger partial charge in [0.25, 0.3) is 0 Å². The largest absolute Gasteiger partial charge is 0.289 e. The molecule has 0 aromatic carbocycles. The van der Waals surface area contributed by atoms with Crippen molar-refractivity contribution in [2.24, 2.45) is 0 Å². The van der Waals surface area contributed by atoms with Gasteiger partial charge in [0.2, 0.25) is 0 Å². The van der Waals surface area contributed by atoms with Crippen molar-refractivity contribution < 1.29 is 4.79 Å². The number of Topliss-reactive ketones (excluding diaryl/α,β-unsaturated/α-hetero) is 1. The number of allylic oxidation sites excluding steroid dienone is 1. The van der Waals surface area contributed by atoms with E-state index in [9.17, 15) is 4.79 Å². The summed E-state index contributed by atoms with van der Waals surface area (Å²) in [6.07, 6.45) is 6.12. The van der Waals surface area contributed by atoms with Crippen molar-refractivity contribution in [2.75, 3.05) is 0 Å². The van der Waals surface area contributed by atoms with Gasteiger partial charge < -0.3 is 0 Å². The van der Waals surface area contributed by atoms with Gasteiger partial charge in [-0.1, -0.05) is 19.9 Å². The molecule has 0 spiro atoms. The van der Waals surface area contributed by atoms with Gasteiger partial charge in [0.1, 0.15) is 0 Å². The zero-order valence-electron chi connectivity index (χ0n) is 8.49. The molecule has 0 radical (unpaired) electrons. The molecule has 0 aliphatic heterocycles. The van der Waals surface area contributed by atoms with Crippen LogP contribution in [0.25, 0.3) is 0 Å². The van der Waals surface area contributed by atoms with Crippen molar-refractivity contribution in [3.8, 4) is 0 Å². The van der Waals surface area contributed by atoms with E-state index in [1.165, 1.54) is 0 Å². The van der Waals surface area contributed by atoms with Crippen molar-refractivity contribution >= 4 is 5.78 Å². The van der Waals surface area contributed by atoms with Crippen LogP contribution in [0.15, 0.2) is 36.7 Å². The monoisotopic (exact) mass is 189 g/mol. The molecule has 0 aliphatic rings. The molecule has 0 unspecified atom stereocenters. The summed E-state index contributed by atoms with van der Waals surface area (Å²) in [5.74, 6) is 0.0200. The molecule has 0 saturated carbocycles. The Hall–Kier alpha value is -1.44. The summed E-state index contributed by atoms with van der Waals surface area (Å²) in [6, 6.07) is 3.53. The normalized spacial score (nSPS) is 9.79. The van der Waals surface area contributed by atoms with Gasteiger partial charge in [-0.05, 0) is 30.5 Å². The predicted molar refractivity (Wildman–Crippen MR) is 57.2 cm³/mol. The van der Waals surface area contributed by atoms with Crippen LogP contribution < -0.4 is 0 Å². The van der Waals surface area contributed by atoms with E-state index in [2.05, 4.69) is 18.5 Å². The number of carbonyl (C=O) groups is 1. The van der Waals surface area contributed by atoms with E-state index in [1.807, 2.05) is 0 Å². The average molecular weight is 189 g/mol. The SMILES string of the molecule is C=C(CCCC)C(=O)c1cccnc1. The molecule has 0 amide bonds. The van der Waals surface area contributed by atoms with E-state index in [4.69, 9.17) is 0 Å². The highest BCUT2D eigenvalue weighted by molar-refractivity contribution is 6.07. The molecule has 1 heterocycles. The molecular weight excluding hydrogens is 174 g/mol. The van der Waals surface area contributed by atoms with Gasteiger partial charge in [-0.25, -0.2) is 0 Å². The van der Waals surface area contributed by atoms with Crippen molar-refractivity contribution in [1.29, 1.82) is 0 Å². The maximum absolute atomic E-state index is 11.7. The highest BCUT2D eigenvalue weighted by Crippen LogP contribution is 2.11. The number of ketones is 1. The topological polar surface area (TPSA) is 30.0 Å². The third-order valence-corrected chi connectivity index (χ3v) is 2.08. The van der Waals surface area contributed by atoms with Crippen molar-refractivity contribution in [2.45, 2.75) is 26.2 Å². The highest BCUT2D eigenvalue weighted by Gasteiger charge is 2.08. The summed E-state index contributed by atoms with van der Waals surface area (Å²) in [6.45, 7) is 5.89.